The van der Waals surface area contributed by atoms with Gasteiger partial charge in [0, 0.05) is 25.0 Å². The van der Waals surface area contributed by atoms with E-state index in [0.29, 0.717) is 12.1 Å². The molecule has 2 rings (SSSR count). The molecule has 0 saturated carbocycles. The maximum absolute atomic E-state index is 11.3. The molecule has 5 nitrogen and oxygen atoms in total. The minimum atomic E-state index is -1.01. The van der Waals surface area contributed by atoms with Crippen LogP contribution in [0.3, 0.4) is 0 Å². The van der Waals surface area contributed by atoms with Crippen LogP contribution in [0.4, 0.5) is 11.4 Å². The number of nitrogen functional groups attached to an aromatic ring is 1. The van der Waals surface area contributed by atoms with Crippen molar-refractivity contribution in [2.75, 3.05) is 24.8 Å². The summed E-state index contributed by atoms with van der Waals surface area (Å²) in [5.41, 5.74) is 7.85. The summed E-state index contributed by atoms with van der Waals surface area (Å²) >= 11 is 0. The largest absolute Gasteiger partial charge is 0.497 e. The third-order valence-corrected chi connectivity index (χ3v) is 3.32. The number of benzene rings is 2. The number of hydrogen-bond acceptors (Lipinski definition) is 4. The Balaban J connectivity index is 2.24. The average Bonchev–Trinajstić information content (AvgIpc) is 2.47. The molecule has 3 N–H and O–H groups in total. The van der Waals surface area contributed by atoms with Crippen LogP contribution < -0.4 is 15.4 Å². The molecular formula is C16H18N2O3. The van der Waals surface area contributed by atoms with Crippen molar-refractivity contribution in [3.63, 3.8) is 0 Å². The third kappa shape index (κ3) is 3.25. The lowest BCUT2D eigenvalue weighted by atomic mass is 10.0. The monoisotopic (exact) mass is 286 g/mol. The first kappa shape index (κ1) is 14.7. The molecule has 2 aromatic carbocycles. The van der Waals surface area contributed by atoms with Crippen molar-refractivity contribution in [3.8, 4) is 5.75 Å². The highest BCUT2D eigenvalue weighted by molar-refractivity contribution is 5.95. The summed E-state index contributed by atoms with van der Waals surface area (Å²) in [5, 5.41) is 9.28. The van der Waals surface area contributed by atoms with Crippen molar-refractivity contribution in [1.29, 1.82) is 0 Å². The van der Waals surface area contributed by atoms with Gasteiger partial charge in [-0.25, -0.2) is 4.79 Å². The van der Waals surface area contributed by atoms with Gasteiger partial charge in [-0.05, 0) is 35.9 Å². The van der Waals surface area contributed by atoms with Gasteiger partial charge in [0.15, 0.2) is 0 Å². The van der Waals surface area contributed by atoms with Crippen molar-refractivity contribution >= 4 is 17.3 Å². The van der Waals surface area contributed by atoms with Crippen LogP contribution >= 0.6 is 0 Å². The number of carboxylic acid groups (broad SMARTS) is 1. The van der Waals surface area contributed by atoms with Crippen LogP contribution in [-0.2, 0) is 6.54 Å². The molecule has 0 aliphatic rings. The number of carbonyl (C=O) groups is 1. The molecule has 0 spiro atoms. The highest BCUT2D eigenvalue weighted by Gasteiger charge is 2.15. The summed E-state index contributed by atoms with van der Waals surface area (Å²) in [7, 11) is 3.52. The topological polar surface area (TPSA) is 75.8 Å². The van der Waals surface area contributed by atoms with E-state index in [2.05, 4.69) is 0 Å². The van der Waals surface area contributed by atoms with Crippen molar-refractivity contribution in [1.82, 2.24) is 0 Å². The summed E-state index contributed by atoms with van der Waals surface area (Å²) in [6.07, 6.45) is 0. The molecule has 110 valence electrons. The Morgan fingerprint density at radius 2 is 1.90 bits per heavy atom. The van der Waals surface area contributed by atoms with Crippen LogP contribution in [0.5, 0.6) is 5.75 Å². The number of rotatable bonds is 5. The van der Waals surface area contributed by atoms with Crippen molar-refractivity contribution < 1.29 is 14.6 Å². The van der Waals surface area contributed by atoms with Gasteiger partial charge >= 0.3 is 5.97 Å². The molecule has 21 heavy (non-hydrogen) atoms. The molecule has 0 fully saturated rings. The molecule has 0 radical (unpaired) electrons. The van der Waals surface area contributed by atoms with Crippen LogP contribution in [0.2, 0.25) is 0 Å². The van der Waals surface area contributed by atoms with Gasteiger partial charge in [-0.3, -0.25) is 0 Å². The summed E-state index contributed by atoms with van der Waals surface area (Å²) in [6, 6.07) is 12.7. The van der Waals surface area contributed by atoms with Gasteiger partial charge in [-0.1, -0.05) is 12.1 Å². The number of anilines is 2. The molecule has 0 saturated heterocycles. The Hall–Kier alpha value is -2.69. The number of nitrogens with two attached hydrogens (primary N) is 1. The maximum Gasteiger partial charge on any atom is 0.338 e. The quantitative estimate of drug-likeness (QED) is 0.826. The average molecular weight is 286 g/mol. The van der Waals surface area contributed by atoms with Crippen LogP contribution in [0.1, 0.15) is 15.9 Å². The second-order valence-corrected chi connectivity index (χ2v) is 4.74. The van der Waals surface area contributed by atoms with Gasteiger partial charge in [-0.15, -0.1) is 0 Å². The lowest BCUT2D eigenvalue weighted by Gasteiger charge is -2.21. The number of hydrogen-bond donors (Lipinski definition) is 2. The van der Waals surface area contributed by atoms with E-state index in [1.807, 2.05) is 36.2 Å². The molecule has 0 amide bonds. The molecule has 0 atom stereocenters. The molecule has 0 unspecified atom stereocenters. The predicted molar refractivity (Wildman–Crippen MR) is 82.9 cm³/mol. The van der Waals surface area contributed by atoms with Gasteiger partial charge in [0.05, 0.1) is 12.7 Å². The maximum atomic E-state index is 11.3. The molecular weight excluding hydrogens is 268 g/mol. The minimum absolute atomic E-state index is 0.165. The number of nitrogens with zero attached hydrogens (tertiary/aromatic N) is 1. The van der Waals surface area contributed by atoms with Crippen molar-refractivity contribution in [2.24, 2.45) is 0 Å². The minimum Gasteiger partial charge on any atom is -0.497 e. The van der Waals surface area contributed by atoms with Gasteiger partial charge in [-0.2, -0.15) is 0 Å². The molecule has 5 heteroatoms. The van der Waals surface area contributed by atoms with Crippen molar-refractivity contribution in [3.05, 3.63) is 53.6 Å². The predicted octanol–water partition coefficient (Wildman–Crippen LogP) is 2.61. The normalized spacial score (nSPS) is 10.2. The van der Waals surface area contributed by atoms with E-state index in [-0.39, 0.29) is 11.3 Å². The van der Waals surface area contributed by atoms with Gasteiger partial charge in [0.2, 0.25) is 0 Å². The van der Waals surface area contributed by atoms with E-state index in [9.17, 15) is 9.90 Å². The van der Waals surface area contributed by atoms with Crippen LogP contribution in [0.15, 0.2) is 42.5 Å². The van der Waals surface area contributed by atoms with E-state index in [0.717, 1.165) is 11.4 Å². The Morgan fingerprint density at radius 3 is 2.48 bits per heavy atom. The summed E-state index contributed by atoms with van der Waals surface area (Å²) in [6.45, 7) is 0.457. The number of methoxy groups -OCH3 is 1. The number of aromatic carboxylic acids is 1. The van der Waals surface area contributed by atoms with E-state index < -0.39 is 5.97 Å². The molecule has 0 aromatic heterocycles. The van der Waals surface area contributed by atoms with E-state index in [1.165, 1.54) is 0 Å². The van der Waals surface area contributed by atoms with Gasteiger partial charge < -0.3 is 20.5 Å². The van der Waals surface area contributed by atoms with E-state index in [1.54, 1.807) is 25.3 Å². The van der Waals surface area contributed by atoms with Gasteiger partial charge in [0.1, 0.15) is 5.75 Å². The molecule has 2 aromatic rings. The standard InChI is InChI=1S/C16H18N2O3/c1-18(12-6-8-13(21-2)9-7-12)10-11-4-3-5-14(17)15(11)16(19)20/h3-9H,10,17H2,1-2H3,(H,19,20). The second kappa shape index (κ2) is 6.17. The first-order chi connectivity index (χ1) is 10.0. The Labute approximate surface area is 123 Å². The molecule has 0 heterocycles. The molecule has 0 aliphatic heterocycles. The smallest absolute Gasteiger partial charge is 0.338 e. The summed E-state index contributed by atoms with van der Waals surface area (Å²) in [5.74, 6) is -0.228. The van der Waals surface area contributed by atoms with Crippen LogP contribution in [-0.4, -0.2) is 25.2 Å². The summed E-state index contributed by atoms with van der Waals surface area (Å²) in [4.78, 5) is 13.3. The first-order valence-electron chi connectivity index (χ1n) is 6.48. The molecule has 0 aliphatic carbocycles. The Kier molecular flexibility index (Phi) is 4.33. The fraction of sp³-hybridized carbons (Fsp3) is 0.188. The fourth-order valence-corrected chi connectivity index (χ4v) is 2.20. The number of ether oxygens (including phenoxy) is 1. The fourth-order valence-electron chi connectivity index (χ4n) is 2.20. The lowest BCUT2D eigenvalue weighted by Crippen LogP contribution is -2.19. The first-order valence-corrected chi connectivity index (χ1v) is 6.48. The van der Waals surface area contributed by atoms with E-state index >= 15 is 0 Å². The van der Waals surface area contributed by atoms with Gasteiger partial charge in [0.25, 0.3) is 0 Å². The zero-order chi connectivity index (χ0) is 15.4. The lowest BCUT2D eigenvalue weighted by molar-refractivity contribution is 0.0697. The number of carboxylic acids is 1. The Morgan fingerprint density at radius 1 is 1.24 bits per heavy atom. The van der Waals surface area contributed by atoms with Crippen LogP contribution in [0.25, 0.3) is 0 Å². The highest BCUT2D eigenvalue weighted by Crippen LogP contribution is 2.23. The zero-order valence-electron chi connectivity index (χ0n) is 12.0. The second-order valence-electron chi connectivity index (χ2n) is 4.74. The van der Waals surface area contributed by atoms with Crippen molar-refractivity contribution in [2.45, 2.75) is 6.54 Å². The van der Waals surface area contributed by atoms with Crippen LogP contribution in [0, 0.1) is 0 Å². The highest BCUT2D eigenvalue weighted by atomic mass is 16.5. The summed E-state index contributed by atoms with van der Waals surface area (Å²) < 4.78 is 5.12. The zero-order valence-corrected chi connectivity index (χ0v) is 12.0. The SMILES string of the molecule is COc1ccc(N(C)Cc2cccc(N)c2C(=O)O)cc1. The Bertz CT molecular complexity index is 638. The third-order valence-electron chi connectivity index (χ3n) is 3.32. The van der Waals surface area contributed by atoms with E-state index in [4.69, 9.17) is 10.5 Å². The molecule has 0 bridgehead atoms.